The number of nitrogens with zero attached hydrogens (tertiary/aromatic N) is 1. The number of ether oxygens (including phenoxy) is 1. The SMILES string of the molecule is COc1c(B2OC(C)(C)C(C)(C(C)C)O2)cc2oc(C)nc2c1C. The van der Waals surface area contributed by atoms with E-state index in [4.69, 9.17) is 18.5 Å². The van der Waals surface area contributed by atoms with E-state index in [1.54, 1.807) is 7.11 Å². The molecule has 2 aromatic rings. The average Bonchev–Trinajstić information content (AvgIpc) is 2.97. The van der Waals surface area contributed by atoms with Crippen molar-refractivity contribution in [3.8, 4) is 5.75 Å². The summed E-state index contributed by atoms with van der Waals surface area (Å²) in [6.45, 7) is 14.4. The molecule has 5 nitrogen and oxygen atoms in total. The maximum Gasteiger partial charge on any atom is 0.498 e. The van der Waals surface area contributed by atoms with Crippen molar-refractivity contribution in [3.05, 3.63) is 17.5 Å². The van der Waals surface area contributed by atoms with Crippen LogP contribution in [0.5, 0.6) is 5.75 Å². The molecule has 0 spiro atoms. The van der Waals surface area contributed by atoms with Crippen LogP contribution in [0.4, 0.5) is 0 Å². The minimum absolute atomic E-state index is 0.306. The Morgan fingerprint density at radius 1 is 1.17 bits per heavy atom. The third kappa shape index (κ3) is 2.35. The second-order valence-electron chi connectivity index (χ2n) is 7.54. The average molecular weight is 331 g/mol. The number of hydrogen-bond acceptors (Lipinski definition) is 5. The van der Waals surface area contributed by atoms with E-state index in [1.165, 1.54) is 0 Å². The molecule has 0 radical (unpaired) electrons. The number of hydrogen-bond donors (Lipinski definition) is 0. The van der Waals surface area contributed by atoms with Gasteiger partial charge < -0.3 is 18.5 Å². The van der Waals surface area contributed by atoms with Gasteiger partial charge in [0.05, 0.1) is 18.3 Å². The summed E-state index contributed by atoms with van der Waals surface area (Å²) in [6, 6.07) is 1.92. The zero-order chi connectivity index (χ0) is 17.9. The van der Waals surface area contributed by atoms with Crippen molar-refractivity contribution in [3.63, 3.8) is 0 Å². The molecule has 1 aromatic heterocycles. The van der Waals surface area contributed by atoms with E-state index in [0.29, 0.717) is 11.8 Å². The van der Waals surface area contributed by atoms with Gasteiger partial charge in [-0.05, 0) is 39.7 Å². The lowest BCUT2D eigenvalue weighted by Gasteiger charge is -2.39. The highest BCUT2D eigenvalue weighted by Crippen LogP contribution is 2.43. The standard InChI is InChI=1S/C18H26BNO4/c1-10(2)18(7)17(5,6)23-19(24-18)13-9-14-15(20-12(4)22-14)11(3)16(13)21-8/h9-10H,1-8H3. The van der Waals surface area contributed by atoms with Crippen molar-refractivity contribution in [2.45, 2.75) is 59.7 Å². The predicted molar refractivity (Wildman–Crippen MR) is 94.9 cm³/mol. The van der Waals surface area contributed by atoms with E-state index in [-0.39, 0.29) is 0 Å². The van der Waals surface area contributed by atoms with Gasteiger partial charge >= 0.3 is 7.12 Å². The Morgan fingerprint density at radius 3 is 2.38 bits per heavy atom. The zero-order valence-electron chi connectivity index (χ0n) is 15.8. The molecule has 0 saturated carbocycles. The molecule has 130 valence electrons. The van der Waals surface area contributed by atoms with E-state index in [2.05, 4.69) is 39.6 Å². The number of aryl methyl sites for hydroxylation is 2. The first-order valence-electron chi connectivity index (χ1n) is 8.41. The molecule has 1 saturated heterocycles. The molecule has 0 bridgehead atoms. The van der Waals surface area contributed by atoms with Crippen molar-refractivity contribution in [2.75, 3.05) is 7.11 Å². The number of rotatable bonds is 3. The fourth-order valence-corrected chi connectivity index (χ4v) is 3.52. The summed E-state index contributed by atoms with van der Waals surface area (Å²) in [5, 5.41) is 0. The Kier molecular flexibility index (Phi) is 3.96. The number of oxazole rings is 1. The first-order valence-corrected chi connectivity index (χ1v) is 8.41. The molecule has 1 aliphatic heterocycles. The van der Waals surface area contributed by atoms with Crippen LogP contribution in [0.1, 0.15) is 46.1 Å². The first-order chi connectivity index (χ1) is 11.1. The number of methoxy groups -OCH3 is 1. The maximum atomic E-state index is 6.40. The Bertz CT molecular complexity index is 783. The molecule has 0 aliphatic carbocycles. The van der Waals surface area contributed by atoms with E-state index >= 15 is 0 Å². The van der Waals surface area contributed by atoms with Gasteiger partial charge in [-0.25, -0.2) is 4.98 Å². The molecule has 1 aromatic carbocycles. The van der Waals surface area contributed by atoms with Gasteiger partial charge in [0.2, 0.25) is 0 Å². The molecule has 1 aliphatic rings. The summed E-state index contributed by atoms with van der Waals surface area (Å²) in [7, 11) is 1.16. The minimum atomic E-state index is -0.504. The maximum absolute atomic E-state index is 6.40. The quantitative estimate of drug-likeness (QED) is 0.807. The van der Waals surface area contributed by atoms with Crippen LogP contribution in [0.15, 0.2) is 10.5 Å². The molecule has 1 atom stereocenters. The largest absolute Gasteiger partial charge is 0.498 e. The second-order valence-corrected chi connectivity index (χ2v) is 7.54. The van der Waals surface area contributed by atoms with Crippen LogP contribution < -0.4 is 10.2 Å². The lowest BCUT2D eigenvalue weighted by atomic mass is 9.76. The van der Waals surface area contributed by atoms with Crippen LogP contribution in [0.2, 0.25) is 0 Å². The highest BCUT2D eigenvalue weighted by molar-refractivity contribution is 6.63. The van der Waals surface area contributed by atoms with Gasteiger partial charge in [0.15, 0.2) is 11.5 Å². The van der Waals surface area contributed by atoms with Crippen LogP contribution in [0, 0.1) is 19.8 Å². The Balaban J connectivity index is 2.13. The number of benzene rings is 1. The highest BCUT2D eigenvalue weighted by Gasteiger charge is 2.56. The Labute approximate surface area is 143 Å². The summed E-state index contributed by atoms with van der Waals surface area (Å²) in [5.74, 6) is 1.68. The highest BCUT2D eigenvalue weighted by atomic mass is 16.7. The molecule has 24 heavy (non-hydrogen) atoms. The van der Waals surface area contributed by atoms with Gasteiger partial charge in [0, 0.05) is 17.9 Å². The smallest absolute Gasteiger partial charge is 0.497 e. The van der Waals surface area contributed by atoms with Gasteiger partial charge in [-0.1, -0.05) is 13.8 Å². The van der Waals surface area contributed by atoms with Crippen molar-refractivity contribution in [1.82, 2.24) is 4.98 Å². The normalized spacial score (nSPS) is 23.5. The van der Waals surface area contributed by atoms with Gasteiger partial charge in [0.1, 0.15) is 11.3 Å². The zero-order valence-corrected chi connectivity index (χ0v) is 15.8. The van der Waals surface area contributed by atoms with Crippen molar-refractivity contribution in [2.24, 2.45) is 5.92 Å². The summed E-state index contributed by atoms with van der Waals surface area (Å²) in [4.78, 5) is 4.45. The number of aromatic nitrogens is 1. The molecule has 1 unspecified atom stereocenters. The third-order valence-corrected chi connectivity index (χ3v) is 5.51. The van der Waals surface area contributed by atoms with E-state index in [0.717, 1.165) is 27.9 Å². The van der Waals surface area contributed by atoms with E-state index in [9.17, 15) is 0 Å². The summed E-state index contributed by atoms with van der Waals surface area (Å²) in [6.07, 6.45) is 0. The lowest BCUT2D eigenvalue weighted by Crippen LogP contribution is -2.48. The molecule has 2 heterocycles. The molecule has 6 heteroatoms. The first kappa shape index (κ1) is 17.3. The lowest BCUT2D eigenvalue weighted by molar-refractivity contribution is -0.0435. The van der Waals surface area contributed by atoms with Crippen LogP contribution in [-0.2, 0) is 9.31 Å². The van der Waals surface area contributed by atoms with Crippen LogP contribution in [0.3, 0.4) is 0 Å². The summed E-state index contributed by atoms with van der Waals surface area (Å²) >= 11 is 0. The summed E-state index contributed by atoms with van der Waals surface area (Å²) < 4.78 is 24.1. The minimum Gasteiger partial charge on any atom is -0.497 e. The molecular formula is C18H26BNO4. The summed E-state index contributed by atoms with van der Waals surface area (Å²) in [5.41, 5.74) is 2.50. The third-order valence-electron chi connectivity index (χ3n) is 5.51. The molecule has 3 rings (SSSR count). The van der Waals surface area contributed by atoms with Crippen molar-refractivity contribution in [1.29, 1.82) is 0 Å². The fraction of sp³-hybridized carbons (Fsp3) is 0.611. The number of fused-ring (bicyclic) bond motifs is 1. The molecule has 1 fully saturated rings. The van der Waals surface area contributed by atoms with E-state index in [1.807, 2.05) is 19.9 Å². The van der Waals surface area contributed by atoms with Gasteiger partial charge in [-0.3, -0.25) is 0 Å². The van der Waals surface area contributed by atoms with E-state index < -0.39 is 18.3 Å². The second kappa shape index (κ2) is 5.50. The monoisotopic (exact) mass is 331 g/mol. The van der Waals surface area contributed by atoms with Gasteiger partial charge in [-0.2, -0.15) is 0 Å². The Morgan fingerprint density at radius 2 is 1.83 bits per heavy atom. The van der Waals surface area contributed by atoms with Crippen LogP contribution in [-0.4, -0.2) is 30.4 Å². The van der Waals surface area contributed by atoms with Crippen molar-refractivity contribution >= 4 is 23.7 Å². The fourth-order valence-electron chi connectivity index (χ4n) is 3.52. The molecular weight excluding hydrogens is 305 g/mol. The molecule has 0 N–H and O–H groups in total. The van der Waals surface area contributed by atoms with Gasteiger partial charge in [-0.15, -0.1) is 0 Å². The van der Waals surface area contributed by atoms with Crippen LogP contribution >= 0.6 is 0 Å². The Hall–Kier alpha value is -1.53. The van der Waals surface area contributed by atoms with Crippen LogP contribution in [0.25, 0.3) is 11.1 Å². The predicted octanol–water partition coefficient (Wildman–Crippen LogP) is 3.39. The molecule has 0 amide bonds. The topological polar surface area (TPSA) is 53.7 Å². The van der Waals surface area contributed by atoms with Crippen molar-refractivity contribution < 1.29 is 18.5 Å². The van der Waals surface area contributed by atoms with Gasteiger partial charge in [0.25, 0.3) is 0 Å².